The molecule has 2 N–H and O–H groups in total. The van der Waals surface area contributed by atoms with Crippen LogP contribution in [-0.4, -0.2) is 20.4 Å². The highest BCUT2D eigenvalue weighted by Crippen LogP contribution is 2.27. The van der Waals surface area contributed by atoms with Crippen LogP contribution in [0.5, 0.6) is 5.75 Å². The zero-order valence-corrected chi connectivity index (χ0v) is 16.7. The van der Waals surface area contributed by atoms with Gasteiger partial charge in [0, 0.05) is 10.0 Å². The van der Waals surface area contributed by atoms with Crippen molar-refractivity contribution < 1.29 is 17.9 Å². The topological polar surface area (TPSA) is 84.5 Å². The van der Waals surface area contributed by atoms with Crippen molar-refractivity contribution in [1.82, 2.24) is 10.3 Å². The zero-order valence-electron chi connectivity index (χ0n) is 14.3. The van der Waals surface area contributed by atoms with Gasteiger partial charge in [-0.3, -0.25) is 10.2 Å². The SMILES string of the molecule is Cc1cc(Cl)cc(C)c1O[C@H](C)C(=O)NNS(=O)(=O)c1cccc(Cl)c1. The summed E-state index contributed by atoms with van der Waals surface area (Å²) in [6.45, 7) is 5.12. The van der Waals surface area contributed by atoms with Crippen LogP contribution in [0.4, 0.5) is 0 Å². The number of hydrogen-bond acceptors (Lipinski definition) is 4. The third-order valence-electron chi connectivity index (χ3n) is 3.50. The molecule has 2 aromatic carbocycles. The fourth-order valence-electron chi connectivity index (χ4n) is 2.23. The standard InChI is InChI=1S/C17H18Cl2N2O4S/c1-10-7-14(19)8-11(2)16(10)25-12(3)17(22)20-21-26(23,24)15-6-4-5-13(18)9-15/h4-9,12,21H,1-3H3,(H,20,22)/t12-/m1/s1. The lowest BCUT2D eigenvalue weighted by Crippen LogP contribution is -2.47. The maximum Gasteiger partial charge on any atom is 0.275 e. The molecule has 6 nitrogen and oxygen atoms in total. The molecular formula is C17H18Cl2N2O4S. The molecule has 9 heteroatoms. The van der Waals surface area contributed by atoms with E-state index >= 15 is 0 Å². The zero-order chi connectivity index (χ0) is 19.5. The summed E-state index contributed by atoms with van der Waals surface area (Å²) < 4.78 is 30.0. The van der Waals surface area contributed by atoms with Gasteiger partial charge in [0.25, 0.3) is 15.9 Å². The average Bonchev–Trinajstić information content (AvgIpc) is 2.55. The van der Waals surface area contributed by atoms with Crippen molar-refractivity contribution in [3.05, 3.63) is 57.6 Å². The minimum Gasteiger partial charge on any atom is -0.480 e. The van der Waals surface area contributed by atoms with E-state index in [9.17, 15) is 13.2 Å². The van der Waals surface area contributed by atoms with Gasteiger partial charge >= 0.3 is 0 Å². The Balaban J connectivity index is 2.04. The predicted octanol–water partition coefficient (Wildman–Crippen LogP) is 3.39. The first-order chi connectivity index (χ1) is 12.1. The fraction of sp³-hybridized carbons (Fsp3) is 0.235. The van der Waals surface area contributed by atoms with Gasteiger partial charge in [-0.15, -0.1) is 4.83 Å². The molecule has 2 aromatic rings. The number of rotatable bonds is 6. The highest BCUT2D eigenvalue weighted by Gasteiger charge is 2.20. The molecular weight excluding hydrogens is 399 g/mol. The van der Waals surface area contributed by atoms with E-state index < -0.39 is 22.0 Å². The number of carbonyl (C=O) groups excluding carboxylic acids is 1. The van der Waals surface area contributed by atoms with Crippen molar-refractivity contribution in [2.24, 2.45) is 0 Å². The van der Waals surface area contributed by atoms with E-state index in [-0.39, 0.29) is 9.92 Å². The van der Waals surface area contributed by atoms with E-state index in [0.717, 1.165) is 11.1 Å². The van der Waals surface area contributed by atoms with Crippen molar-refractivity contribution >= 4 is 39.1 Å². The Kier molecular flexibility index (Phi) is 6.52. The molecule has 0 aliphatic heterocycles. The summed E-state index contributed by atoms with van der Waals surface area (Å²) in [7, 11) is -3.95. The predicted molar refractivity (Wildman–Crippen MR) is 101 cm³/mol. The second-order valence-electron chi connectivity index (χ2n) is 5.68. The number of ether oxygens (including phenoxy) is 1. The van der Waals surface area contributed by atoms with E-state index in [1.54, 1.807) is 32.0 Å². The molecule has 0 spiro atoms. The van der Waals surface area contributed by atoms with Crippen molar-refractivity contribution in [3.63, 3.8) is 0 Å². The molecule has 1 atom stereocenters. The summed E-state index contributed by atoms with van der Waals surface area (Å²) >= 11 is 11.8. The fourth-order valence-corrected chi connectivity index (χ4v) is 3.70. The summed E-state index contributed by atoms with van der Waals surface area (Å²) in [6.07, 6.45) is -0.935. The van der Waals surface area contributed by atoms with Gasteiger partial charge < -0.3 is 4.74 Å². The van der Waals surface area contributed by atoms with Crippen molar-refractivity contribution in [1.29, 1.82) is 0 Å². The lowest BCUT2D eigenvalue weighted by Gasteiger charge is -2.18. The molecule has 0 saturated heterocycles. The number of benzene rings is 2. The first-order valence-electron chi connectivity index (χ1n) is 7.61. The van der Waals surface area contributed by atoms with Crippen LogP contribution in [-0.2, 0) is 14.8 Å². The van der Waals surface area contributed by atoms with Gasteiger partial charge in [-0.1, -0.05) is 29.3 Å². The normalized spacial score (nSPS) is 12.5. The first kappa shape index (κ1) is 20.5. The number of aryl methyl sites for hydroxylation is 2. The number of halogens is 2. The molecule has 0 fully saturated rings. The molecule has 0 bridgehead atoms. The van der Waals surface area contributed by atoms with E-state index in [4.69, 9.17) is 27.9 Å². The van der Waals surface area contributed by atoms with Crippen LogP contribution in [0.2, 0.25) is 10.0 Å². The van der Waals surface area contributed by atoms with Crippen LogP contribution in [0, 0.1) is 13.8 Å². The lowest BCUT2D eigenvalue weighted by atomic mass is 10.1. The van der Waals surface area contributed by atoms with E-state index in [0.29, 0.717) is 10.8 Å². The highest BCUT2D eigenvalue weighted by molar-refractivity contribution is 7.89. The quantitative estimate of drug-likeness (QED) is 0.706. The average molecular weight is 417 g/mol. The largest absolute Gasteiger partial charge is 0.480 e. The van der Waals surface area contributed by atoms with Crippen LogP contribution < -0.4 is 15.0 Å². The van der Waals surface area contributed by atoms with Gasteiger partial charge in [0.15, 0.2) is 6.10 Å². The Labute approximate surface area is 162 Å². The second-order valence-corrected chi connectivity index (χ2v) is 8.24. The van der Waals surface area contributed by atoms with Crippen LogP contribution in [0.3, 0.4) is 0 Å². The maximum absolute atomic E-state index is 12.2. The number of hydrazine groups is 1. The molecule has 0 heterocycles. The molecule has 26 heavy (non-hydrogen) atoms. The summed E-state index contributed by atoms with van der Waals surface area (Å²) in [6, 6.07) is 9.12. The van der Waals surface area contributed by atoms with Crippen LogP contribution in [0.25, 0.3) is 0 Å². The summed E-state index contributed by atoms with van der Waals surface area (Å²) in [5.41, 5.74) is 3.68. The third-order valence-corrected chi connectivity index (χ3v) is 5.20. The second kappa shape index (κ2) is 8.26. The Morgan fingerprint density at radius 3 is 2.27 bits per heavy atom. The Morgan fingerprint density at radius 1 is 1.08 bits per heavy atom. The molecule has 2 rings (SSSR count). The van der Waals surface area contributed by atoms with Gasteiger partial charge in [-0.2, -0.15) is 0 Å². The van der Waals surface area contributed by atoms with Gasteiger partial charge in [-0.05, 0) is 62.2 Å². The van der Waals surface area contributed by atoms with Gasteiger partial charge in [0.05, 0.1) is 4.90 Å². The number of carbonyl (C=O) groups is 1. The first-order valence-corrected chi connectivity index (χ1v) is 9.84. The highest BCUT2D eigenvalue weighted by atomic mass is 35.5. The summed E-state index contributed by atoms with van der Waals surface area (Å²) in [5, 5.41) is 0.836. The minimum absolute atomic E-state index is 0.0664. The Bertz CT molecular complexity index is 909. The molecule has 0 aromatic heterocycles. The maximum atomic E-state index is 12.2. The summed E-state index contributed by atoms with van der Waals surface area (Å²) in [4.78, 5) is 14.1. The third kappa shape index (κ3) is 5.11. The van der Waals surface area contributed by atoms with Crippen molar-refractivity contribution in [3.8, 4) is 5.75 Å². The smallest absolute Gasteiger partial charge is 0.275 e. The number of nitrogens with one attached hydrogen (secondary N) is 2. The van der Waals surface area contributed by atoms with E-state index in [1.165, 1.54) is 25.1 Å². The minimum atomic E-state index is -3.95. The molecule has 0 aliphatic carbocycles. The number of sulfonamides is 1. The van der Waals surface area contributed by atoms with Gasteiger partial charge in [0.2, 0.25) is 0 Å². The molecule has 1 amide bonds. The van der Waals surface area contributed by atoms with E-state index in [1.807, 2.05) is 4.83 Å². The Morgan fingerprint density at radius 2 is 1.69 bits per heavy atom. The molecule has 0 unspecified atom stereocenters. The van der Waals surface area contributed by atoms with Gasteiger partial charge in [-0.25, -0.2) is 8.42 Å². The Hall–Kier alpha value is -1.80. The molecule has 140 valence electrons. The molecule has 0 aliphatic rings. The summed E-state index contributed by atoms with van der Waals surface area (Å²) in [5.74, 6) is -0.126. The van der Waals surface area contributed by atoms with Gasteiger partial charge in [0.1, 0.15) is 5.75 Å². The number of amides is 1. The van der Waals surface area contributed by atoms with Crippen LogP contribution in [0.1, 0.15) is 18.1 Å². The van der Waals surface area contributed by atoms with Crippen LogP contribution >= 0.6 is 23.2 Å². The lowest BCUT2D eigenvalue weighted by molar-refractivity contribution is -0.127. The monoisotopic (exact) mass is 416 g/mol. The van der Waals surface area contributed by atoms with Crippen molar-refractivity contribution in [2.75, 3.05) is 0 Å². The number of hydrogen-bond donors (Lipinski definition) is 2. The van der Waals surface area contributed by atoms with E-state index in [2.05, 4.69) is 5.43 Å². The van der Waals surface area contributed by atoms with Crippen LogP contribution in [0.15, 0.2) is 41.3 Å². The molecule has 0 saturated carbocycles. The molecule has 0 radical (unpaired) electrons. The van der Waals surface area contributed by atoms with Crippen molar-refractivity contribution in [2.45, 2.75) is 31.8 Å².